The molecule has 1 amide bonds. The minimum Gasteiger partial charge on any atom is -0.355 e. The lowest BCUT2D eigenvalue weighted by Crippen LogP contribution is -2.17. The summed E-state index contributed by atoms with van der Waals surface area (Å²) in [5, 5.41) is 6.73. The van der Waals surface area contributed by atoms with Crippen molar-refractivity contribution in [3.63, 3.8) is 0 Å². The van der Waals surface area contributed by atoms with Gasteiger partial charge in [-0.1, -0.05) is 15.9 Å². The molecule has 0 atom stereocenters. The molecule has 0 unspecified atom stereocenters. The van der Waals surface area contributed by atoms with Crippen LogP contribution in [0.15, 0.2) is 35.1 Å². The van der Waals surface area contributed by atoms with Crippen molar-refractivity contribution in [1.82, 2.24) is 15.1 Å². The summed E-state index contributed by atoms with van der Waals surface area (Å²) in [6, 6.07) is 5.60. The molecule has 88 valence electrons. The van der Waals surface area contributed by atoms with Crippen molar-refractivity contribution in [1.29, 1.82) is 0 Å². The molecular weight excluding hydrogens is 282 g/mol. The largest absolute Gasteiger partial charge is 0.355 e. The first kappa shape index (κ1) is 11.9. The molecule has 0 aliphatic carbocycles. The van der Waals surface area contributed by atoms with E-state index in [-0.39, 0.29) is 5.91 Å². The third-order valence-corrected chi connectivity index (χ3v) is 2.88. The third kappa shape index (κ3) is 2.55. The number of benzene rings is 1. The minimum absolute atomic E-state index is 0.101. The number of nitrogens with zero attached hydrogens (tertiary/aromatic N) is 2. The molecule has 0 saturated carbocycles. The van der Waals surface area contributed by atoms with Crippen LogP contribution in [-0.2, 0) is 7.05 Å². The highest BCUT2D eigenvalue weighted by Crippen LogP contribution is 2.24. The summed E-state index contributed by atoms with van der Waals surface area (Å²) in [6.45, 7) is 0. The number of amides is 1. The summed E-state index contributed by atoms with van der Waals surface area (Å²) in [6.07, 6.45) is 3.69. The number of carbonyl (C=O) groups excluding carboxylic acids is 1. The Morgan fingerprint density at radius 3 is 2.71 bits per heavy atom. The molecule has 1 heterocycles. The molecule has 0 aliphatic heterocycles. The molecule has 0 bridgehead atoms. The Hall–Kier alpha value is -1.62. The second kappa shape index (κ2) is 4.71. The topological polar surface area (TPSA) is 46.9 Å². The summed E-state index contributed by atoms with van der Waals surface area (Å²) < 4.78 is 2.60. The van der Waals surface area contributed by atoms with Gasteiger partial charge in [-0.15, -0.1) is 0 Å². The SMILES string of the molecule is CNC(=O)c1cc(Br)cc(-c2cnn(C)c2)c1. The highest BCUT2D eigenvalue weighted by molar-refractivity contribution is 9.10. The van der Waals surface area contributed by atoms with Crippen LogP contribution in [-0.4, -0.2) is 22.7 Å². The van der Waals surface area contributed by atoms with E-state index in [4.69, 9.17) is 0 Å². The lowest BCUT2D eigenvalue weighted by molar-refractivity contribution is 0.0963. The van der Waals surface area contributed by atoms with Crippen molar-refractivity contribution in [2.45, 2.75) is 0 Å². The van der Waals surface area contributed by atoms with E-state index in [0.29, 0.717) is 5.56 Å². The maximum atomic E-state index is 11.6. The van der Waals surface area contributed by atoms with Crippen LogP contribution in [0.2, 0.25) is 0 Å². The van der Waals surface area contributed by atoms with Crippen LogP contribution in [0.5, 0.6) is 0 Å². The van der Waals surface area contributed by atoms with Crippen LogP contribution in [0.25, 0.3) is 11.1 Å². The van der Waals surface area contributed by atoms with E-state index in [9.17, 15) is 4.79 Å². The van der Waals surface area contributed by atoms with E-state index in [1.807, 2.05) is 25.4 Å². The number of hydrogen-bond donors (Lipinski definition) is 1. The van der Waals surface area contributed by atoms with Gasteiger partial charge in [-0.2, -0.15) is 5.10 Å². The van der Waals surface area contributed by atoms with Crippen molar-refractivity contribution in [2.75, 3.05) is 7.05 Å². The molecule has 0 aliphatic rings. The average Bonchev–Trinajstić information content (AvgIpc) is 2.74. The van der Waals surface area contributed by atoms with Crippen molar-refractivity contribution in [3.05, 3.63) is 40.6 Å². The molecule has 0 saturated heterocycles. The van der Waals surface area contributed by atoms with Crippen molar-refractivity contribution < 1.29 is 4.79 Å². The van der Waals surface area contributed by atoms with E-state index in [0.717, 1.165) is 15.6 Å². The monoisotopic (exact) mass is 293 g/mol. The fourth-order valence-electron chi connectivity index (χ4n) is 1.60. The predicted octanol–water partition coefficient (Wildman–Crippen LogP) is 2.21. The first-order chi connectivity index (χ1) is 8.10. The number of aromatic nitrogens is 2. The van der Waals surface area contributed by atoms with Gasteiger partial charge in [-0.3, -0.25) is 9.48 Å². The molecular formula is C12H12BrN3O. The Bertz CT molecular complexity index is 563. The minimum atomic E-state index is -0.101. The van der Waals surface area contributed by atoms with Gasteiger partial charge in [0.25, 0.3) is 5.91 Å². The van der Waals surface area contributed by atoms with E-state index in [2.05, 4.69) is 26.3 Å². The van der Waals surface area contributed by atoms with Gasteiger partial charge in [-0.25, -0.2) is 0 Å². The van der Waals surface area contributed by atoms with Crippen molar-refractivity contribution in [3.8, 4) is 11.1 Å². The lowest BCUT2D eigenvalue weighted by Gasteiger charge is -2.04. The van der Waals surface area contributed by atoms with Crippen LogP contribution in [0.4, 0.5) is 0 Å². The molecule has 2 rings (SSSR count). The maximum absolute atomic E-state index is 11.6. The molecule has 1 aromatic carbocycles. The van der Waals surface area contributed by atoms with Gasteiger partial charge in [-0.05, 0) is 23.8 Å². The first-order valence-electron chi connectivity index (χ1n) is 5.12. The normalized spacial score (nSPS) is 10.3. The molecule has 0 spiro atoms. The van der Waals surface area contributed by atoms with Crippen LogP contribution >= 0.6 is 15.9 Å². The molecule has 1 aromatic heterocycles. The van der Waals surface area contributed by atoms with Crippen LogP contribution in [0, 0.1) is 0 Å². The Kier molecular flexibility index (Phi) is 3.28. The zero-order chi connectivity index (χ0) is 12.4. The number of rotatable bonds is 2. The summed E-state index contributed by atoms with van der Waals surface area (Å²) in [5.41, 5.74) is 2.57. The quantitative estimate of drug-likeness (QED) is 0.923. The molecule has 4 nitrogen and oxygen atoms in total. The summed E-state index contributed by atoms with van der Waals surface area (Å²) in [4.78, 5) is 11.6. The fourth-order valence-corrected chi connectivity index (χ4v) is 2.10. The number of carbonyl (C=O) groups is 1. The fraction of sp³-hybridized carbons (Fsp3) is 0.167. The van der Waals surface area contributed by atoms with Gasteiger partial charge in [0.15, 0.2) is 0 Å². The molecule has 0 radical (unpaired) electrons. The molecule has 17 heavy (non-hydrogen) atoms. The molecule has 1 N–H and O–H groups in total. The Morgan fingerprint density at radius 1 is 1.35 bits per heavy atom. The van der Waals surface area contributed by atoms with Gasteiger partial charge in [0.2, 0.25) is 0 Å². The number of hydrogen-bond acceptors (Lipinski definition) is 2. The highest BCUT2D eigenvalue weighted by atomic mass is 79.9. The van der Waals surface area contributed by atoms with Crippen LogP contribution < -0.4 is 5.32 Å². The summed E-state index contributed by atoms with van der Waals surface area (Å²) >= 11 is 3.41. The van der Waals surface area contributed by atoms with E-state index in [1.165, 1.54) is 0 Å². The lowest BCUT2D eigenvalue weighted by atomic mass is 10.1. The smallest absolute Gasteiger partial charge is 0.251 e. The van der Waals surface area contributed by atoms with Gasteiger partial charge in [0.1, 0.15) is 0 Å². The van der Waals surface area contributed by atoms with E-state index >= 15 is 0 Å². The summed E-state index contributed by atoms with van der Waals surface area (Å²) in [5.74, 6) is -0.101. The highest BCUT2D eigenvalue weighted by Gasteiger charge is 2.08. The second-order valence-electron chi connectivity index (χ2n) is 3.71. The zero-order valence-electron chi connectivity index (χ0n) is 9.57. The van der Waals surface area contributed by atoms with Crippen molar-refractivity contribution >= 4 is 21.8 Å². The van der Waals surface area contributed by atoms with Crippen molar-refractivity contribution in [2.24, 2.45) is 7.05 Å². The number of aryl methyl sites for hydroxylation is 1. The first-order valence-corrected chi connectivity index (χ1v) is 5.91. The molecule has 2 aromatic rings. The number of halogens is 1. The van der Waals surface area contributed by atoms with Gasteiger partial charge in [0.05, 0.1) is 6.20 Å². The standard InChI is InChI=1S/C12H12BrN3O/c1-14-12(17)9-3-8(4-11(13)5-9)10-6-15-16(2)7-10/h3-7H,1-2H3,(H,14,17). The Balaban J connectivity index is 2.48. The third-order valence-electron chi connectivity index (χ3n) is 2.43. The molecule has 5 heteroatoms. The predicted molar refractivity (Wildman–Crippen MR) is 69.7 cm³/mol. The second-order valence-corrected chi connectivity index (χ2v) is 4.63. The van der Waals surface area contributed by atoms with Gasteiger partial charge < -0.3 is 5.32 Å². The average molecular weight is 294 g/mol. The van der Waals surface area contributed by atoms with Gasteiger partial charge >= 0.3 is 0 Å². The Morgan fingerprint density at radius 2 is 2.12 bits per heavy atom. The maximum Gasteiger partial charge on any atom is 0.251 e. The van der Waals surface area contributed by atoms with Crippen LogP contribution in [0.3, 0.4) is 0 Å². The zero-order valence-corrected chi connectivity index (χ0v) is 11.2. The summed E-state index contributed by atoms with van der Waals surface area (Å²) in [7, 11) is 3.48. The Labute approximate surface area is 108 Å². The van der Waals surface area contributed by atoms with E-state index < -0.39 is 0 Å². The van der Waals surface area contributed by atoms with Gasteiger partial charge in [0, 0.05) is 35.9 Å². The number of nitrogens with one attached hydrogen (secondary N) is 1. The van der Waals surface area contributed by atoms with Crippen LogP contribution in [0.1, 0.15) is 10.4 Å². The van der Waals surface area contributed by atoms with E-state index in [1.54, 1.807) is 24.0 Å². The molecule has 0 fully saturated rings.